The predicted octanol–water partition coefficient (Wildman–Crippen LogP) is 2.89. The van der Waals surface area contributed by atoms with E-state index in [1.54, 1.807) is 6.92 Å². The van der Waals surface area contributed by atoms with E-state index in [2.05, 4.69) is 10.7 Å². The van der Waals surface area contributed by atoms with Crippen molar-refractivity contribution in [2.24, 2.45) is 0 Å². The van der Waals surface area contributed by atoms with Gasteiger partial charge in [0.2, 0.25) is 5.91 Å². The van der Waals surface area contributed by atoms with Crippen molar-refractivity contribution in [2.45, 2.75) is 31.1 Å². The molecule has 0 unspecified atom stereocenters. The highest BCUT2D eigenvalue weighted by Gasteiger charge is 2.48. The number of nitrogens with zero attached hydrogens (tertiary/aromatic N) is 1. The summed E-state index contributed by atoms with van der Waals surface area (Å²) in [7, 11) is 0. The number of nitrogens with one attached hydrogen (secondary N) is 2. The highest BCUT2D eigenvalue weighted by Crippen LogP contribution is 2.22. The van der Waals surface area contributed by atoms with Crippen molar-refractivity contribution in [3.05, 3.63) is 71.8 Å². The summed E-state index contributed by atoms with van der Waals surface area (Å²) in [5, 5.41) is 3.51. The molecule has 4 amide bonds. The second-order valence-electron chi connectivity index (χ2n) is 6.90. The molecule has 1 fully saturated rings. The Morgan fingerprint density at radius 3 is 2.29 bits per heavy atom. The predicted molar refractivity (Wildman–Crippen MR) is 109 cm³/mol. The maximum Gasteiger partial charge on any atom is 0.344 e. The maximum atomic E-state index is 12.7. The monoisotopic (exact) mass is 397 g/mol. The lowest BCUT2D eigenvalue weighted by Gasteiger charge is -2.21. The number of thioether (sulfide) groups is 1. The summed E-state index contributed by atoms with van der Waals surface area (Å²) >= 11 is 1.43. The molecule has 6 nitrogen and oxygen atoms in total. The number of hydrogen-bond acceptors (Lipinski definition) is 4. The fourth-order valence-electron chi connectivity index (χ4n) is 2.99. The second kappa shape index (κ2) is 8.93. The summed E-state index contributed by atoms with van der Waals surface area (Å²) in [5.74, 6) is 0.0298. The lowest BCUT2D eigenvalue weighted by molar-refractivity contribution is -0.138. The number of urea groups is 1. The SMILES string of the molecule is C[C@]1(CCc2ccccc2)NC(=O)N(NC(=O)CSCc2ccccc2)C1=O. The van der Waals surface area contributed by atoms with Gasteiger partial charge < -0.3 is 5.32 Å². The molecule has 28 heavy (non-hydrogen) atoms. The topological polar surface area (TPSA) is 78.5 Å². The third-order valence-electron chi connectivity index (χ3n) is 4.60. The first kappa shape index (κ1) is 19.9. The van der Waals surface area contributed by atoms with E-state index in [0.717, 1.165) is 16.1 Å². The molecule has 1 atom stereocenters. The Kier molecular flexibility index (Phi) is 6.36. The average Bonchev–Trinajstić information content (AvgIpc) is 2.91. The Balaban J connectivity index is 1.50. The number of hydrazine groups is 1. The molecule has 0 spiro atoms. The first-order valence-electron chi connectivity index (χ1n) is 9.10. The van der Waals surface area contributed by atoms with Crippen molar-refractivity contribution >= 4 is 29.6 Å². The van der Waals surface area contributed by atoms with Gasteiger partial charge in [0.1, 0.15) is 5.54 Å². The van der Waals surface area contributed by atoms with Crippen LogP contribution in [0, 0.1) is 0 Å². The number of hydrogen-bond donors (Lipinski definition) is 2. The highest BCUT2D eigenvalue weighted by atomic mass is 32.2. The van der Waals surface area contributed by atoms with Gasteiger partial charge >= 0.3 is 6.03 Å². The van der Waals surface area contributed by atoms with Gasteiger partial charge in [0, 0.05) is 5.75 Å². The fraction of sp³-hybridized carbons (Fsp3) is 0.286. The van der Waals surface area contributed by atoms with Gasteiger partial charge in [-0.05, 0) is 30.9 Å². The number of imide groups is 1. The number of amides is 4. The maximum absolute atomic E-state index is 12.7. The summed E-state index contributed by atoms with van der Waals surface area (Å²) in [6.45, 7) is 1.69. The lowest BCUT2D eigenvalue weighted by Crippen LogP contribution is -2.49. The zero-order valence-corrected chi connectivity index (χ0v) is 16.5. The van der Waals surface area contributed by atoms with Crippen molar-refractivity contribution in [1.29, 1.82) is 0 Å². The molecule has 2 N–H and O–H groups in total. The van der Waals surface area contributed by atoms with Gasteiger partial charge in [0.05, 0.1) is 5.75 Å². The van der Waals surface area contributed by atoms with Crippen molar-refractivity contribution < 1.29 is 14.4 Å². The normalized spacial score (nSPS) is 18.8. The van der Waals surface area contributed by atoms with E-state index in [-0.39, 0.29) is 11.7 Å². The van der Waals surface area contributed by atoms with E-state index in [1.165, 1.54) is 11.8 Å². The number of rotatable bonds is 8. The number of carbonyl (C=O) groups excluding carboxylic acids is 3. The zero-order valence-electron chi connectivity index (χ0n) is 15.7. The summed E-state index contributed by atoms with van der Waals surface area (Å²) < 4.78 is 0. The lowest BCUT2D eigenvalue weighted by atomic mass is 9.93. The van der Waals surface area contributed by atoms with Crippen LogP contribution in [0.15, 0.2) is 60.7 Å². The van der Waals surface area contributed by atoms with Crippen LogP contribution in [0.2, 0.25) is 0 Å². The van der Waals surface area contributed by atoms with Gasteiger partial charge in [0.15, 0.2) is 0 Å². The molecule has 0 saturated carbocycles. The number of aryl methyl sites for hydroxylation is 1. The largest absolute Gasteiger partial charge is 0.344 e. The Morgan fingerprint density at radius 1 is 1.04 bits per heavy atom. The summed E-state index contributed by atoms with van der Waals surface area (Å²) in [6, 6.07) is 19.0. The molecule has 0 aliphatic carbocycles. The van der Waals surface area contributed by atoms with Crippen molar-refractivity contribution in [3.8, 4) is 0 Å². The third kappa shape index (κ3) is 4.92. The Labute approximate surface area is 168 Å². The smallest absolute Gasteiger partial charge is 0.322 e. The molecule has 0 aromatic heterocycles. The molecule has 2 aromatic rings. The van der Waals surface area contributed by atoms with Gasteiger partial charge in [-0.25, -0.2) is 4.79 Å². The standard InChI is InChI=1S/C21H23N3O3S/c1-21(13-12-16-8-4-2-5-9-16)19(26)24(20(27)22-21)23-18(25)15-28-14-17-10-6-3-7-11-17/h2-11H,12-15H2,1H3,(H,22,27)(H,23,25)/t21-/m1/s1. The molecule has 1 heterocycles. The van der Waals surface area contributed by atoms with Crippen molar-refractivity contribution in [3.63, 3.8) is 0 Å². The molecule has 3 rings (SSSR count). The first-order valence-corrected chi connectivity index (χ1v) is 10.3. The van der Waals surface area contributed by atoms with Gasteiger partial charge in [-0.1, -0.05) is 60.7 Å². The summed E-state index contributed by atoms with van der Waals surface area (Å²) in [5.41, 5.74) is 3.60. The van der Waals surface area contributed by atoms with E-state index in [9.17, 15) is 14.4 Å². The molecule has 146 valence electrons. The van der Waals surface area contributed by atoms with Crippen LogP contribution < -0.4 is 10.7 Å². The molecule has 7 heteroatoms. The van der Waals surface area contributed by atoms with Crippen LogP contribution >= 0.6 is 11.8 Å². The third-order valence-corrected chi connectivity index (χ3v) is 5.60. The molecular weight excluding hydrogens is 374 g/mol. The van der Waals surface area contributed by atoms with Crippen LogP contribution in [0.25, 0.3) is 0 Å². The van der Waals surface area contributed by atoms with E-state index >= 15 is 0 Å². The van der Waals surface area contributed by atoms with Crippen molar-refractivity contribution in [1.82, 2.24) is 15.8 Å². The Hall–Kier alpha value is -2.80. The van der Waals surface area contributed by atoms with Crippen molar-refractivity contribution in [2.75, 3.05) is 5.75 Å². The Bertz CT molecular complexity index is 844. The number of benzene rings is 2. The Morgan fingerprint density at radius 2 is 1.64 bits per heavy atom. The van der Waals surface area contributed by atoms with Crippen LogP contribution in [-0.4, -0.2) is 34.1 Å². The number of carbonyl (C=O) groups is 3. The molecule has 1 saturated heterocycles. The van der Waals surface area contributed by atoms with Crippen LogP contribution in [0.5, 0.6) is 0 Å². The minimum atomic E-state index is -1.03. The minimum absolute atomic E-state index is 0.159. The average molecular weight is 398 g/mol. The van der Waals surface area contributed by atoms with E-state index in [1.807, 2.05) is 60.7 Å². The summed E-state index contributed by atoms with van der Waals surface area (Å²) in [4.78, 5) is 37.1. The van der Waals surface area contributed by atoms with Gasteiger partial charge in [-0.2, -0.15) is 5.01 Å². The molecule has 0 bridgehead atoms. The van der Waals surface area contributed by atoms with Crippen LogP contribution in [0.4, 0.5) is 4.79 Å². The molecule has 1 aliphatic heterocycles. The first-order chi connectivity index (χ1) is 13.5. The van der Waals surface area contributed by atoms with E-state index in [0.29, 0.717) is 18.6 Å². The van der Waals surface area contributed by atoms with E-state index < -0.39 is 17.5 Å². The quantitative estimate of drug-likeness (QED) is 0.672. The van der Waals surface area contributed by atoms with Gasteiger partial charge in [0.25, 0.3) is 5.91 Å². The fourth-order valence-corrected chi connectivity index (χ4v) is 3.77. The highest BCUT2D eigenvalue weighted by molar-refractivity contribution is 7.99. The van der Waals surface area contributed by atoms with E-state index in [4.69, 9.17) is 0 Å². The molecule has 2 aromatic carbocycles. The minimum Gasteiger partial charge on any atom is -0.322 e. The molecule has 1 aliphatic rings. The zero-order chi connectivity index (χ0) is 20.0. The van der Waals surface area contributed by atoms with Crippen LogP contribution in [-0.2, 0) is 21.8 Å². The van der Waals surface area contributed by atoms with Gasteiger partial charge in [-0.15, -0.1) is 11.8 Å². The molecular formula is C21H23N3O3S. The van der Waals surface area contributed by atoms with Crippen LogP contribution in [0.1, 0.15) is 24.5 Å². The summed E-state index contributed by atoms with van der Waals surface area (Å²) in [6.07, 6.45) is 1.11. The second-order valence-corrected chi connectivity index (χ2v) is 7.89. The molecule has 0 radical (unpaired) electrons. The van der Waals surface area contributed by atoms with Gasteiger partial charge in [-0.3, -0.25) is 15.0 Å². The van der Waals surface area contributed by atoms with Crippen LogP contribution in [0.3, 0.4) is 0 Å².